The van der Waals surface area contributed by atoms with Gasteiger partial charge < -0.3 is 10.5 Å². The number of nitrogens with zero attached hydrogens (tertiary/aromatic N) is 2. The SMILES string of the molecule is CCOCc1nc(N)cc(-c2ccccc2F)n1. The first-order valence-corrected chi connectivity index (χ1v) is 5.66. The Kier molecular flexibility index (Phi) is 3.84. The van der Waals surface area contributed by atoms with Crippen LogP contribution >= 0.6 is 0 Å². The molecule has 4 nitrogen and oxygen atoms in total. The predicted molar refractivity (Wildman–Crippen MR) is 67.2 cm³/mol. The summed E-state index contributed by atoms with van der Waals surface area (Å²) in [5, 5.41) is 0. The molecule has 0 amide bonds. The van der Waals surface area contributed by atoms with Crippen molar-refractivity contribution in [1.82, 2.24) is 9.97 Å². The molecule has 2 aromatic rings. The van der Waals surface area contributed by atoms with Crippen LogP contribution in [0.2, 0.25) is 0 Å². The fourth-order valence-electron chi connectivity index (χ4n) is 1.58. The molecule has 94 valence electrons. The minimum absolute atomic E-state index is 0.267. The largest absolute Gasteiger partial charge is 0.384 e. The van der Waals surface area contributed by atoms with E-state index in [2.05, 4.69) is 9.97 Å². The van der Waals surface area contributed by atoms with Gasteiger partial charge in [0.25, 0.3) is 0 Å². The molecule has 0 aliphatic carbocycles. The Labute approximate surface area is 105 Å². The second-order valence-corrected chi connectivity index (χ2v) is 3.71. The number of nitrogen functional groups attached to an aromatic ring is 1. The van der Waals surface area contributed by atoms with Gasteiger partial charge in [-0.05, 0) is 19.1 Å². The zero-order valence-corrected chi connectivity index (χ0v) is 10.1. The van der Waals surface area contributed by atoms with Crippen LogP contribution in [0, 0.1) is 5.82 Å². The summed E-state index contributed by atoms with van der Waals surface area (Å²) < 4.78 is 18.9. The van der Waals surface area contributed by atoms with Crippen LogP contribution in [0.4, 0.5) is 10.2 Å². The number of nitrogens with two attached hydrogens (primary N) is 1. The van der Waals surface area contributed by atoms with E-state index < -0.39 is 0 Å². The van der Waals surface area contributed by atoms with E-state index in [-0.39, 0.29) is 12.4 Å². The van der Waals surface area contributed by atoms with E-state index >= 15 is 0 Å². The van der Waals surface area contributed by atoms with Gasteiger partial charge >= 0.3 is 0 Å². The molecule has 0 saturated carbocycles. The molecule has 1 heterocycles. The summed E-state index contributed by atoms with van der Waals surface area (Å²) in [4.78, 5) is 8.29. The van der Waals surface area contributed by atoms with E-state index in [9.17, 15) is 4.39 Å². The van der Waals surface area contributed by atoms with Crippen molar-refractivity contribution < 1.29 is 9.13 Å². The molecule has 2 rings (SSSR count). The monoisotopic (exact) mass is 247 g/mol. The maximum atomic E-state index is 13.7. The van der Waals surface area contributed by atoms with E-state index in [4.69, 9.17) is 10.5 Å². The van der Waals surface area contributed by atoms with Gasteiger partial charge in [-0.3, -0.25) is 0 Å². The third kappa shape index (κ3) is 2.81. The van der Waals surface area contributed by atoms with Crippen LogP contribution in [0.5, 0.6) is 0 Å². The fraction of sp³-hybridized carbons (Fsp3) is 0.231. The Balaban J connectivity index is 2.39. The second-order valence-electron chi connectivity index (χ2n) is 3.71. The standard InChI is InChI=1S/C13H14FN3O/c1-2-18-8-13-16-11(7-12(15)17-13)9-5-3-4-6-10(9)14/h3-7H,2,8H2,1H3,(H2,15,16,17). The average molecular weight is 247 g/mol. The quantitative estimate of drug-likeness (QED) is 0.901. The molecular formula is C13H14FN3O. The Morgan fingerprint density at radius 2 is 2.06 bits per heavy atom. The van der Waals surface area contributed by atoms with Crippen LogP contribution < -0.4 is 5.73 Å². The molecule has 2 N–H and O–H groups in total. The molecule has 5 heteroatoms. The summed E-state index contributed by atoms with van der Waals surface area (Å²) in [6.45, 7) is 2.71. The van der Waals surface area contributed by atoms with Crippen molar-refractivity contribution in [2.45, 2.75) is 13.5 Å². The number of halogens is 1. The molecule has 0 atom stereocenters. The van der Waals surface area contributed by atoms with Crippen molar-refractivity contribution in [3.05, 3.63) is 42.0 Å². The van der Waals surface area contributed by atoms with Crippen molar-refractivity contribution in [1.29, 1.82) is 0 Å². The van der Waals surface area contributed by atoms with Gasteiger partial charge in [0.15, 0.2) is 5.82 Å². The Bertz CT molecular complexity index is 546. The van der Waals surface area contributed by atoms with Crippen LogP contribution in [0.15, 0.2) is 30.3 Å². The van der Waals surface area contributed by atoms with E-state index in [1.807, 2.05) is 6.92 Å². The van der Waals surface area contributed by atoms with Gasteiger partial charge in [-0.1, -0.05) is 12.1 Å². The molecule has 0 saturated heterocycles. The van der Waals surface area contributed by atoms with E-state index in [1.54, 1.807) is 24.3 Å². The van der Waals surface area contributed by atoms with Crippen LogP contribution in [0.3, 0.4) is 0 Å². The van der Waals surface area contributed by atoms with Crippen LogP contribution in [0.1, 0.15) is 12.7 Å². The highest BCUT2D eigenvalue weighted by atomic mass is 19.1. The number of benzene rings is 1. The molecule has 0 bridgehead atoms. The molecule has 0 radical (unpaired) electrons. The molecule has 0 fully saturated rings. The highest BCUT2D eigenvalue weighted by Gasteiger charge is 2.08. The van der Waals surface area contributed by atoms with E-state index in [0.717, 1.165) is 0 Å². The van der Waals surface area contributed by atoms with Gasteiger partial charge in [0.1, 0.15) is 18.2 Å². The van der Waals surface area contributed by atoms with Gasteiger partial charge in [-0.25, -0.2) is 14.4 Å². The minimum Gasteiger partial charge on any atom is -0.384 e. The third-order valence-electron chi connectivity index (χ3n) is 2.38. The lowest BCUT2D eigenvalue weighted by Gasteiger charge is -2.06. The maximum absolute atomic E-state index is 13.7. The summed E-state index contributed by atoms with van der Waals surface area (Å²) in [5.41, 5.74) is 6.56. The molecular weight excluding hydrogens is 233 g/mol. The molecule has 18 heavy (non-hydrogen) atoms. The number of hydrogen-bond donors (Lipinski definition) is 1. The maximum Gasteiger partial charge on any atom is 0.157 e. The van der Waals surface area contributed by atoms with Crippen LogP contribution in [-0.4, -0.2) is 16.6 Å². The van der Waals surface area contributed by atoms with Crippen molar-refractivity contribution in [3.8, 4) is 11.3 Å². The Hall–Kier alpha value is -2.01. The van der Waals surface area contributed by atoms with Gasteiger partial charge in [-0.2, -0.15) is 0 Å². The highest BCUT2D eigenvalue weighted by Crippen LogP contribution is 2.21. The minimum atomic E-state index is -0.335. The molecule has 0 spiro atoms. The average Bonchev–Trinajstić information content (AvgIpc) is 2.36. The smallest absolute Gasteiger partial charge is 0.157 e. The van der Waals surface area contributed by atoms with Gasteiger partial charge in [-0.15, -0.1) is 0 Å². The van der Waals surface area contributed by atoms with Gasteiger partial charge in [0.05, 0.1) is 5.69 Å². The van der Waals surface area contributed by atoms with Crippen molar-refractivity contribution in [3.63, 3.8) is 0 Å². The van der Waals surface area contributed by atoms with E-state index in [0.29, 0.717) is 29.5 Å². The normalized spacial score (nSPS) is 10.6. The molecule has 1 aromatic heterocycles. The van der Waals surface area contributed by atoms with Gasteiger partial charge in [0, 0.05) is 18.2 Å². The van der Waals surface area contributed by atoms with Crippen molar-refractivity contribution in [2.75, 3.05) is 12.3 Å². The number of ether oxygens (including phenoxy) is 1. The zero-order chi connectivity index (χ0) is 13.0. The van der Waals surface area contributed by atoms with Crippen LogP contribution in [-0.2, 0) is 11.3 Å². The summed E-state index contributed by atoms with van der Waals surface area (Å²) in [6.07, 6.45) is 0. The molecule has 0 aliphatic heterocycles. The van der Waals surface area contributed by atoms with Gasteiger partial charge in [0.2, 0.25) is 0 Å². The molecule has 1 aromatic carbocycles. The lowest BCUT2D eigenvalue weighted by molar-refractivity contribution is 0.128. The Morgan fingerprint density at radius 3 is 2.78 bits per heavy atom. The highest BCUT2D eigenvalue weighted by molar-refractivity contribution is 5.62. The number of rotatable bonds is 4. The van der Waals surface area contributed by atoms with E-state index in [1.165, 1.54) is 6.07 Å². The fourth-order valence-corrected chi connectivity index (χ4v) is 1.58. The van der Waals surface area contributed by atoms with Crippen molar-refractivity contribution >= 4 is 5.82 Å². The first-order chi connectivity index (χ1) is 8.70. The summed E-state index contributed by atoms with van der Waals surface area (Å²) in [5.74, 6) is 0.422. The molecule has 0 aliphatic rings. The summed E-state index contributed by atoms with van der Waals surface area (Å²) >= 11 is 0. The topological polar surface area (TPSA) is 61.0 Å². The number of aromatic nitrogens is 2. The van der Waals surface area contributed by atoms with Crippen molar-refractivity contribution in [2.24, 2.45) is 0 Å². The number of hydrogen-bond acceptors (Lipinski definition) is 4. The molecule has 0 unspecified atom stereocenters. The van der Waals surface area contributed by atoms with Crippen LogP contribution in [0.25, 0.3) is 11.3 Å². The number of anilines is 1. The Morgan fingerprint density at radius 1 is 1.28 bits per heavy atom. The zero-order valence-electron chi connectivity index (χ0n) is 10.1. The summed E-state index contributed by atoms with van der Waals surface area (Å²) in [7, 11) is 0. The lowest BCUT2D eigenvalue weighted by Crippen LogP contribution is -2.04. The lowest BCUT2D eigenvalue weighted by atomic mass is 10.1. The third-order valence-corrected chi connectivity index (χ3v) is 2.38. The summed E-state index contributed by atoms with van der Waals surface area (Å²) in [6, 6.07) is 7.97. The first kappa shape index (κ1) is 12.4. The first-order valence-electron chi connectivity index (χ1n) is 5.66. The second kappa shape index (κ2) is 5.55. The predicted octanol–water partition coefficient (Wildman–Crippen LogP) is 2.40.